The van der Waals surface area contributed by atoms with Crippen molar-refractivity contribution in [3.05, 3.63) is 83.4 Å². The fourth-order valence-electron chi connectivity index (χ4n) is 7.26. The molecule has 13 heteroatoms. The Morgan fingerprint density at radius 2 is 1.04 bits per heavy atom. The Morgan fingerprint density at radius 1 is 0.661 bits per heavy atom. The van der Waals surface area contributed by atoms with Crippen LogP contribution < -0.4 is 6.15 Å². The SMILES string of the molecule is CN1CCn2c(-c3ccccc3)nc(C(=O)C[C@H](C(=O)O)C(C)(C)C)c2C1.COC(=O)[C@@H](CC(=O)c1nc(-c2ccccc2)n2c1CN(C)CC2)C(C)(C)C.N. The van der Waals surface area contributed by atoms with E-state index in [2.05, 4.69) is 23.9 Å². The second-order valence-electron chi connectivity index (χ2n) is 16.9. The summed E-state index contributed by atoms with van der Waals surface area (Å²) in [5, 5.41) is 9.58. The van der Waals surface area contributed by atoms with Gasteiger partial charge in [0, 0.05) is 63.2 Å². The van der Waals surface area contributed by atoms with E-state index in [1.165, 1.54) is 7.11 Å². The van der Waals surface area contributed by atoms with E-state index in [1.807, 2.05) is 116 Å². The zero-order valence-corrected chi connectivity index (χ0v) is 34.5. The summed E-state index contributed by atoms with van der Waals surface area (Å²) < 4.78 is 9.21. The first-order chi connectivity index (χ1) is 25.9. The van der Waals surface area contributed by atoms with E-state index >= 15 is 0 Å². The van der Waals surface area contributed by atoms with Gasteiger partial charge in [-0.3, -0.25) is 29.0 Å². The Morgan fingerprint density at radius 3 is 1.38 bits per heavy atom. The van der Waals surface area contributed by atoms with Gasteiger partial charge < -0.3 is 25.1 Å². The van der Waals surface area contributed by atoms with Crippen LogP contribution in [0.3, 0.4) is 0 Å². The lowest BCUT2D eigenvalue weighted by Gasteiger charge is -2.28. The zero-order chi connectivity index (χ0) is 40.2. The number of ether oxygens (including phenoxy) is 1. The minimum absolute atomic E-state index is 0. The molecule has 6 rings (SSSR count). The average molecular weight is 770 g/mol. The number of likely N-dealkylation sites (N-methyl/N-ethyl adjacent to an activating group) is 2. The summed E-state index contributed by atoms with van der Waals surface area (Å²) >= 11 is 0. The highest BCUT2D eigenvalue weighted by Gasteiger charge is 2.38. The molecule has 2 aromatic carbocycles. The standard InChI is InChI=1S/C22H29N3O3.C21H27N3O3.H3N/c1-22(2,3)16(21(27)28-5)13-18(26)19-17-14-24(4)11-12-25(17)20(23-19)15-9-7-6-8-10-15;1-21(2,3)15(20(26)27)12-17(25)18-16-13-23(4)10-11-24(16)19(22-18)14-8-6-5-7-9-14;/h6-10,16H,11-14H2,1-5H3;5-9,15H,10-13H2,1-4H3,(H,26,27);1H3/t16-;15-;/m11./s1. The molecule has 0 bridgehead atoms. The summed E-state index contributed by atoms with van der Waals surface area (Å²) in [6.07, 6.45) is 0.0545. The first-order valence-corrected chi connectivity index (χ1v) is 18.9. The van der Waals surface area contributed by atoms with Crippen molar-refractivity contribution in [1.82, 2.24) is 35.1 Å². The second kappa shape index (κ2) is 17.9. The van der Waals surface area contributed by atoms with Gasteiger partial charge in [0.1, 0.15) is 23.0 Å². The number of fused-ring (bicyclic) bond motifs is 2. The van der Waals surface area contributed by atoms with Gasteiger partial charge in [-0.1, -0.05) is 102 Å². The van der Waals surface area contributed by atoms with E-state index in [9.17, 15) is 24.3 Å². The Kier molecular flexibility index (Phi) is 14.0. The largest absolute Gasteiger partial charge is 0.481 e. The number of aliphatic carboxylic acids is 1. The van der Waals surface area contributed by atoms with Crippen molar-refractivity contribution in [2.24, 2.45) is 22.7 Å². The fourth-order valence-corrected chi connectivity index (χ4v) is 7.26. The molecule has 0 radical (unpaired) electrons. The van der Waals surface area contributed by atoms with Gasteiger partial charge in [-0.15, -0.1) is 0 Å². The molecule has 56 heavy (non-hydrogen) atoms. The molecule has 13 nitrogen and oxygen atoms in total. The van der Waals surface area contributed by atoms with Gasteiger partial charge in [-0.05, 0) is 24.9 Å². The molecule has 0 saturated heterocycles. The van der Waals surface area contributed by atoms with Crippen LogP contribution >= 0.6 is 0 Å². The van der Waals surface area contributed by atoms with Crippen LogP contribution in [0.25, 0.3) is 22.8 Å². The molecular formula is C43H59N7O6. The molecule has 4 heterocycles. The van der Waals surface area contributed by atoms with Gasteiger partial charge in [0.05, 0.1) is 30.3 Å². The molecule has 0 amide bonds. The van der Waals surface area contributed by atoms with E-state index in [0.717, 1.165) is 60.3 Å². The number of nitrogens with zero attached hydrogens (tertiary/aromatic N) is 6. The highest BCUT2D eigenvalue weighted by atomic mass is 16.5. The number of imidazole rings is 2. The number of rotatable bonds is 10. The van der Waals surface area contributed by atoms with Gasteiger partial charge in [0.2, 0.25) is 0 Å². The number of carboxylic acids is 1. The molecule has 0 aliphatic carbocycles. The monoisotopic (exact) mass is 769 g/mol. The summed E-state index contributed by atoms with van der Waals surface area (Å²) in [6, 6.07) is 19.7. The highest BCUT2D eigenvalue weighted by molar-refractivity contribution is 5.99. The lowest BCUT2D eigenvalue weighted by molar-refractivity contribution is -0.149. The highest BCUT2D eigenvalue weighted by Crippen LogP contribution is 2.34. The molecule has 0 fully saturated rings. The third kappa shape index (κ3) is 9.87. The normalized spacial score (nSPS) is 15.6. The molecule has 0 unspecified atom stereocenters. The Balaban J connectivity index is 0.000000244. The first-order valence-electron chi connectivity index (χ1n) is 18.9. The maximum atomic E-state index is 13.2. The van der Waals surface area contributed by atoms with Crippen LogP contribution in [0.5, 0.6) is 0 Å². The number of aromatic nitrogens is 4. The number of esters is 1. The number of carbonyl (C=O) groups is 4. The van der Waals surface area contributed by atoms with Crippen molar-refractivity contribution < 1.29 is 29.0 Å². The summed E-state index contributed by atoms with van der Waals surface area (Å²) in [5.74, 6) is -1.25. The van der Waals surface area contributed by atoms with Crippen LogP contribution in [-0.4, -0.2) is 91.8 Å². The summed E-state index contributed by atoms with van der Waals surface area (Å²) in [6.45, 7) is 16.1. The second-order valence-corrected chi connectivity index (χ2v) is 16.9. The van der Waals surface area contributed by atoms with Gasteiger partial charge in [0.25, 0.3) is 0 Å². The van der Waals surface area contributed by atoms with Gasteiger partial charge in [0.15, 0.2) is 11.6 Å². The molecule has 0 saturated carbocycles. The molecule has 4 N–H and O–H groups in total. The number of carbonyl (C=O) groups excluding carboxylic acids is 3. The molecule has 2 atom stereocenters. The number of benzene rings is 2. The van der Waals surface area contributed by atoms with Gasteiger partial charge in [-0.2, -0.15) is 0 Å². The Bertz CT molecular complexity index is 2010. The van der Waals surface area contributed by atoms with Crippen LogP contribution in [0.15, 0.2) is 60.7 Å². The quantitative estimate of drug-likeness (QED) is 0.127. The minimum Gasteiger partial charge on any atom is -0.481 e. The lowest BCUT2D eigenvalue weighted by Crippen LogP contribution is -2.33. The Labute approximate surface area is 330 Å². The zero-order valence-electron chi connectivity index (χ0n) is 34.5. The van der Waals surface area contributed by atoms with Crippen LogP contribution in [0, 0.1) is 22.7 Å². The minimum atomic E-state index is -0.940. The molecule has 0 spiro atoms. The Hall–Kier alpha value is -4.98. The van der Waals surface area contributed by atoms with Crippen molar-refractivity contribution in [1.29, 1.82) is 0 Å². The van der Waals surface area contributed by atoms with Crippen molar-refractivity contribution in [2.45, 2.75) is 80.6 Å². The molecule has 2 aromatic heterocycles. The van der Waals surface area contributed by atoms with Crippen LogP contribution in [0.1, 0.15) is 86.7 Å². The van der Waals surface area contributed by atoms with Gasteiger partial charge in [-0.25, -0.2) is 9.97 Å². The smallest absolute Gasteiger partial charge is 0.309 e. The topological polar surface area (TPSA) is 175 Å². The fraction of sp³-hybridized carbons (Fsp3) is 0.488. The number of methoxy groups -OCH3 is 1. The number of hydrogen-bond donors (Lipinski definition) is 2. The van der Waals surface area contributed by atoms with E-state index in [4.69, 9.17) is 9.72 Å². The molecular weight excluding hydrogens is 711 g/mol. The van der Waals surface area contributed by atoms with Crippen molar-refractivity contribution in [2.75, 3.05) is 34.3 Å². The summed E-state index contributed by atoms with van der Waals surface area (Å²) in [4.78, 5) is 64.1. The van der Waals surface area contributed by atoms with Crippen LogP contribution in [0.2, 0.25) is 0 Å². The van der Waals surface area contributed by atoms with Crippen molar-refractivity contribution in [3.63, 3.8) is 0 Å². The maximum absolute atomic E-state index is 13.2. The molecule has 302 valence electrons. The maximum Gasteiger partial charge on any atom is 0.309 e. The first kappa shape index (κ1) is 43.7. The predicted molar refractivity (Wildman–Crippen MR) is 216 cm³/mol. The number of carboxylic acid groups (broad SMARTS) is 1. The number of hydrogen-bond acceptors (Lipinski definition) is 10. The lowest BCUT2D eigenvalue weighted by atomic mass is 9.77. The van der Waals surface area contributed by atoms with Crippen molar-refractivity contribution in [3.8, 4) is 22.8 Å². The van der Waals surface area contributed by atoms with E-state index in [-0.39, 0.29) is 41.9 Å². The van der Waals surface area contributed by atoms with Gasteiger partial charge >= 0.3 is 11.9 Å². The van der Waals surface area contributed by atoms with Crippen molar-refractivity contribution >= 4 is 23.5 Å². The number of Topliss-reactive ketones (excluding diaryl/α,β-unsaturated/α-hetero) is 2. The van der Waals surface area contributed by atoms with Crippen LogP contribution in [0.4, 0.5) is 0 Å². The molecule has 2 aliphatic heterocycles. The number of ketones is 2. The summed E-state index contributed by atoms with van der Waals surface area (Å²) in [5.41, 5.74) is 3.78. The van der Waals surface area contributed by atoms with E-state index in [0.29, 0.717) is 24.5 Å². The molecule has 4 aromatic rings. The third-order valence-electron chi connectivity index (χ3n) is 10.6. The molecule has 2 aliphatic rings. The average Bonchev–Trinajstić information content (AvgIpc) is 3.71. The van der Waals surface area contributed by atoms with E-state index in [1.54, 1.807) is 0 Å². The van der Waals surface area contributed by atoms with E-state index < -0.39 is 23.2 Å². The predicted octanol–water partition coefficient (Wildman–Crippen LogP) is 6.88. The van der Waals surface area contributed by atoms with Crippen LogP contribution in [-0.2, 0) is 40.5 Å². The summed E-state index contributed by atoms with van der Waals surface area (Å²) in [7, 11) is 5.42. The third-order valence-corrected chi connectivity index (χ3v) is 10.6.